The SMILES string of the molecule is Cc1ncc(CCN2CCC(Nc3cc(N(C)C)ncn3)CC2)o1. The first kappa shape index (κ1) is 16.7. The first-order chi connectivity index (χ1) is 11.6. The van der Waals surface area contributed by atoms with E-state index in [2.05, 4.69) is 25.2 Å². The molecule has 0 bridgehead atoms. The quantitative estimate of drug-likeness (QED) is 0.868. The van der Waals surface area contributed by atoms with Crippen molar-refractivity contribution in [1.82, 2.24) is 19.9 Å². The topological polar surface area (TPSA) is 70.3 Å². The lowest BCUT2D eigenvalue weighted by Crippen LogP contribution is -2.40. The number of rotatable bonds is 6. The normalized spacial score (nSPS) is 16.3. The fraction of sp³-hybridized carbons (Fsp3) is 0.588. The number of piperidine rings is 1. The molecule has 0 aliphatic carbocycles. The van der Waals surface area contributed by atoms with Gasteiger partial charge in [0.25, 0.3) is 0 Å². The van der Waals surface area contributed by atoms with Crippen LogP contribution in [-0.2, 0) is 6.42 Å². The summed E-state index contributed by atoms with van der Waals surface area (Å²) in [7, 11) is 3.97. The van der Waals surface area contributed by atoms with E-state index in [1.807, 2.05) is 38.2 Å². The van der Waals surface area contributed by atoms with Crippen molar-refractivity contribution in [3.63, 3.8) is 0 Å². The number of aryl methyl sites for hydroxylation is 1. The highest BCUT2D eigenvalue weighted by molar-refractivity contribution is 5.47. The number of oxazole rings is 1. The summed E-state index contributed by atoms with van der Waals surface area (Å²) in [6, 6.07) is 2.47. The van der Waals surface area contributed by atoms with Gasteiger partial charge in [-0.3, -0.25) is 0 Å². The lowest BCUT2D eigenvalue weighted by Gasteiger charge is -2.32. The second-order valence-corrected chi connectivity index (χ2v) is 6.51. The van der Waals surface area contributed by atoms with Crippen molar-refractivity contribution in [3.8, 4) is 0 Å². The van der Waals surface area contributed by atoms with E-state index in [1.165, 1.54) is 0 Å². The summed E-state index contributed by atoms with van der Waals surface area (Å²) in [5.41, 5.74) is 0. The predicted molar refractivity (Wildman–Crippen MR) is 94.4 cm³/mol. The van der Waals surface area contributed by atoms with E-state index in [0.29, 0.717) is 6.04 Å². The monoisotopic (exact) mass is 330 g/mol. The van der Waals surface area contributed by atoms with Crippen LogP contribution in [0.1, 0.15) is 24.5 Å². The minimum Gasteiger partial charge on any atom is -0.446 e. The summed E-state index contributed by atoms with van der Waals surface area (Å²) in [5, 5.41) is 3.54. The molecule has 0 saturated carbocycles. The van der Waals surface area contributed by atoms with Gasteiger partial charge in [0.2, 0.25) is 0 Å². The molecule has 0 atom stereocenters. The Balaban J connectivity index is 1.44. The first-order valence-electron chi connectivity index (χ1n) is 8.50. The lowest BCUT2D eigenvalue weighted by molar-refractivity contribution is 0.217. The molecular weight excluding hydrogens is 304 g/mol. The summed E-state index contributed by atoms with van der Waals surface area (Å²) in [4.78, 5) is 17.2. The summed E-state index contributed by atoms with van der Waals surface area (Å²) in [5.74, 6) is 3.55. The number of likely N-dealkylation sites (tertiary alicyclic amines) is 1. The third-order valence-electron chi connectivity index (χ3n) is 4.39. The van der Waals surface area contributed by atoms with Crippen LogP contribution in [0.25, 0.3) is 0 Å². The molecule has 1 N–H and O–H groups in total. The fourth-order valence-electron chi connectivity index (χ4n) is 2.97. The molecular formula is C17H26N6O. The van der Waals surface area contributed by atoms with Gasteiger partial charge in [0, 0.05) is 59.2 Å². The van der Waals surface area contributed by atoms with Crippen molar-refractivity contribution in [1.29, 1.82) is 0 Å². The van der Waals surface area contributed by atoms with Gasteiger partial charge in [0.15, 0.2) is 5.89 Å². The molecule has 0 spiro atoms. The van der Waals surface area contributed by atoms with Gasteiger partial charge < -0.3 is 19.5 Å². The highest BCUT2D eigenvalue weighted by Gasteiger charge is 2.19. The van der Waals surface area contributed by atoms with Crippen LogP contribution in [0, 0.1) is 6.92 Å². The number of nitrogens with zero attached hydrogens (tertiary/aromatic N) is 5. The van der Waals surface area contributed by atoms with E-state index >= 15 is 0 Å². The third kappa shape index (κ3) is 4.44. The molecule has 1 fully saturated rings. The second kappa shape index (κ2) is 7.61. The Morgan fingerprint density at radius 3 is 2.71 bits per heavy atom. The van der Waals surface area contributed by atoms with E-state index < -0.39 is 0 Å². The molecule has 2 aromatic rings. The predicted octanol–water partition coefficient (Wildman–Crippen LogP) is 1.96. The summed E-state index contributed by atoms with van der Waals surface area (Å²) in [6.07, 6.45) is 6.62. The van der Waals surface area contributed by atoms with Gasteiger partial charge in [-0.2, -0.15) is 0 Å². The van der Waals surface area contributed by atoms with E-state index in [-0.39, 0.29) is 0 Å². The highest BCUT2D eigenvalue weighted by Crippen LogP contribution is 2.18. The van der Waals surface area contributed by atoms with E-state index in [9.17, 15) is 0 Å². The minimum atomic E-state index is 0.471. The smallest absolute Gasteiger partial charge is 0.191 e. The molecule has 7 heteroatoms. The van der Waals surface area contributed by atoms with Crippen LogP contribution in [0.15, 0.2) is 23.0 Å². The Bertz CT molecular complexity index is 648. The summed E-state index contributed by atoms with van der Waals surface area (Å²) < 4.78 is 5.54. The van der Waals surface area contributed by atoms with Gasteiger partial charge in [-0.1, -0.05) is 0 Å². The van der Waals surface area contributed by atoms with Gasteiger partial charge in [-0.05, 0) is 12.8 Å². The third-order valence-corrected chi connectivity index (χ3v) is 4.39. The number of aromatic nitrogens is 3. The lowest BCUT2D eigenvalue weighted by atomic mass is 10.0. The molecule has 0 radical (unpaired) electrons. The molecule has 1 aliphatic heterocycles. The Morgan fingerprint density at radius 1 is 1.25 bits per heavy atom. The van der Waals surface area contributed by atoms with Crippen molar-refractivity contribution >= 4 is 11.6 Å². The van der Waals surface area contributed by atoms with Crippen LogP contribution >= 0.6 is 0 Å². The van der Waals surface area contributed by atoms with Gasteiger partial charge >= 0.3 is 0 Å². The Hall–Kier alpha value is -2.15. The van der Waals surface area contributed by atoms with Gasteiger partial charge in [0.1, 0.15) is 23.7 Å². The zero-order valence-electron chi connectivity index (χ0n) is 14.7. The summed E-state index contributed by atoms with van der Waals surface area (Å²) in [6.45, 7) is 5.10. The Labute approximate surface area is 143 Å². The molecule has 2 aromatic heterocycles. The standard InChI is InChI=1S/C17H26N6O/c1-13-18-11-15(24-13)6-9-23-7-4-14(5-8-23)21-16-10-17(22(2)3)20-12-19-16/h10-12,14H,4-9H2,1-3H3,(H,19,20,21). The highest BCUT2D eigenvalue weighted by atomic mass is 16.3. The molecule has 0 aromatic carbocycles. The van der Waals surface area contributed by atoms with Gasteiger partial charge in [0.05, 0.1) is 6.20 Å². The Kier molecular flexibility index (Phi) is 5.30. The number of nitrogens with one attached hydrogen (secondary N) is 1. The summed E-state index contributed by atoms with van der Waals surface area (Å²) >= 11 is 0. The first-order valence-corrected chi connectivity index (χ1v) is 8.50. The van der Waals surface area contributed by atoms with Crippen molar-refractivity contribution in [2.24, 2.45) is 0 Å². The molecule has 24 heavy (non-hydrogen) atoms. The number of hydrogen-bond acceptors (Lipinski definition) is 7. The van der Waals surface area contributed by atoms with Crippen molar-refractivity contribution in [2.75, 3.05) is 43.9 Å². The van der Waals surface area contributed by atoms with E-state index in [0.717, 1.165) is 62.2 Å². The maximum atomic E-state index is 5.54. The van der Waals surface area contributed by atoms with Crippen molar-refractivity contribution < 1.29 is 4.42 Å². The van der Waals surface area contributed by atoms with Crippen LogP contribution in [0.4, 0.5) is 11.6 Å². The molecule has 1 saturated heterocycles. The molecule has 3 rings (SSSR count). The zero-order valence-corrected chi connectivity index (χ0v) is 14.7. The molecule has 0 amide bonds. The van der Waals surface area contributed by atoms with E-state index in [1.54, 1.807) is 6.33 Å². The van der Waals surface area contributed by atoms with Gasteiger partial charge in [-0.25, -0.2) is 15.0 Å². The van der Waals surface area contributed by atoms with Crippen LogP contribution in [0.2, 0.25) is 0 Å². The van der Waals surface area contributed by atoms with Crippen LogP contribution in [-0.4, -0.2) is 59.6 Å². The zero-order chi connectivity index (χ0) is 16.9. The van der Waals surface area contributed by atoms with Crippen molar-refractivity contribution in [2.45, 2.75) is 32.2 Å². The van der Waals surface area contributed by atoms with Crippen LogP contribution in [0.3, 0.4) is 0 Å². The molecule has 3 heterocycles. The van der Waals surface area contributed by atoms with Crippen molar-refractivity contribution in [3.05, 3.63) is 30.2 Å². The number of anilines is 2. The second-order valence-electron chi connectivity index (χ2n) is 6.51. The Morgan fingerprint density at radius 2 is 2.04 bits per heavy atom. The molecule has 130 valence electrons. The van der Waals surface area contributed by atoms with Crippen LogP contribution in [0.5, 0.6) is 0 Å². The number of hydrogen-bond donors (Lipinski definition) is 1. The largest absolute Gasteiger partial charge is 0.446 e. The van der Waals surface area contributed by atoms with Crippen LogP contribution < -0.4 is 10.2 Å². The molecule has 0 unspecified atom stereocenters. The average Bonchev–Trinajstić information content (AvgIpc) is 3.00. The molecule has 1 aliphatic rings. The average molecular weight is 330 g/mol. The molecule has 7 nitrogen and oxygen atoms in total. The van der Waals surface area contributed by atoms with Gasteiger partial charge in [-0.15, -0.1) is 0 Å². The fourth-order valence-corrected chi connectivity index (χ4v) is 2.97. The van der Waals surface area contributed by atoms with E-state index in [4.69, 9.17) is 4.42 Å². The minimum absolute atomic E-state index is 0.471. The maximum Gasteiger partial charge on any atom is 0.191 e. The maximum absolute atomic E-state index is 5.54.